The van der Waals surface area contributed by atoms with Gasteiger partial charge in [0, 0.05) is 0 Å². The molecule has 1 saturated carbocycles. The molecule has 1 aliphatic carbocycles. The molecule has 0 spiro atoms. The molecule has 0 bridgehead atoms. The summed E-state index contributed by atoms with van der Waals surface area (Å²) in [6, 6.07) is 0. The maximum absolute atomic E-state index is 9.87. The SMILES string of the molecule is O=S(O)C1CC1.[LiH]. The van der Waals surface area contributed by atoms with Gasteiger partial charge in [-0.25, -0.2) is 4.21 Å². The molecule has 0 aliphatic heterocycles. The standard InChI is InChI=1S/C3H6O2S.Li.H/c4-6(5)3-1-2-3;;/h3H,1-2H2,(H,4,5);;. The average molecular weight is 114 g/mol. The van der Waals surface area contributed by atoms with Crippen molar-refractivity contribution in [3.8, 4) is 0 Å². The van der Waals surface area contributed by atoms with Crippen molar-refractivity contribution in [2.24, 2.45) is 0 Å². The predicted octanol–water partition coefficient (Wildman–Crippen LogP) is -0.278. The van der Waals surface area contributed by atoms with Crippen LogP contribution in [0.15, 0.2) is 0 Å². The minimum atomic E-state index is -1.51. The van der Waals surface area contributed by atoms with Crippen molar-refractivity contribution in [3.05, 3.63) is 0 Å². The average Bonchev–Trinajstić information content (AvgIpc) is 2.06. The summed E-state index contributed by atoms with van der Waals surface area (Å²) in [4.78, 5) is 0. The second kappa shape index (κ2) is 2.88. The van der Waals surface area contributed by atoms with E-state index in [4.69, 9.17) is 4.55 Å². The normalized spacial score (nSPS) is 23.0. The summed E-state index contributed by atoms with van der Waals surface area (Å²) in [6.45, 7) is 0. The van der Waals surface area contributed by atoms with Crippen molar-refractivity contribution in [1.82, 2.24) is 0 Å². The first-order valence-electron chi connectivity index (χ1n) is 1.90. The molecule has 1 unspecified atom stereocenters. The van der Waals surface area contributed by atoms with Gasteiger partial charge >= 0.3 is 18.9 Å². The van der Waals surface area contributed by atoms with Crippen LogP contribution in [0.4, 0.5) is 0 Å². The van der Waals surface area contributed by atoms with Gasteiger partial charge in [-0.05, 0) is 12.8 Å². The zero-order valence-corrected chi connectivity index (χ0v) is 4.07. The molecule has 38 valence electrons. The molecule has 0 heterocycles. The number of hydrogen-bond acceptors (Lipinski definition) is 1. The Balaban J connectivity index is 0.000000360. The van der Waals surface area contributed by atoms with E-state index >= 15 is 0 Å². The zero-order valence-electron chi connectivity index (χ0n) is 3.26. The third kappa shape index (κ3) is 2.50. The zero-order chi connectivity index (χ0) is 4.57. The van der Waals surface area contributed by atoms with E-state index in [1.54, 1.807) is 0 Å². The Morgan fingerprint density at radius 1 is 1.57 bits per heavy atom. The van der Waals surface area contributed by atoms with Crippen molar-refractivity contribution in [3.63, 3.8) is 0 Å². The number of rotatable bonds is 1. The van der Waals surface area contributed by atoms with Gasteiger partial charge in [0.05, 0.1) is 5.25 Å². The molecule has 2 nitrogen and oxygen atoms in total. The van der Waals surface area contributed by atoms with Gasteiger partial charge in [0.25, 0.3) is 0 Å². The molecule has 1 rings (SSSR count). The Morgan fingerprint density at radius 3 is 2.00 bits per heavy atom. The first-order valence-corrected chi connectivity index (χ1v) is 3.07. The Morgan fingerprint density at radius 2 is 2.00 bits per heavy atom. The summed E-state index contributed by atoms with van der Waals surface area (Å²) in [5.41, 5.74) is 0. The molecule has 1 atom stereocenters. The first-order chi connectivity index (χ1) is 2.80. The number of hydrogen-bond donors (Lipinski definition) is 1. The fraction of sp³-hybridized carbons (Fsp3) is 1.00. The molecule has 0 aromatic rings. The topological polar surface area (TPSA) is 37.3 Å². The third-order valence-electron chi connectivity index (χ3n) is 0.810. The Hall–Kier alpha value is 0.707. The fourth-order valence-corrected chi connectivity index (χ4v) is 0.809. The Labute approximate surface area is 57.1 Å². The van der Waals surface area contributed by atoms with Crippen LogP contribution >= 0.6 is 0 Å². The van der Waals surface area contributed by atoms with Crippen LogP contribution in [0.1, 0.15) is 12.8 Å². The van der Waals surface area contributed by atoms with Gasteiger partial charge in [-0.1, -0.05) is 0 Å². The van der Waals surface area contributed by atoms with E-state index < -0.39 is 11.1 Å². The van der Waals surface area contributed by atoms with Crippen molar-refractivity contribution in [2.75, 3.05) is 0 Å². The van der Waals surface area contributed by atoms with Crippen molar-refractivity contribution in [2.45, 2.75) is 18.1 Å². The van der Waals surface area contributed by atoms with Gasteiger partial charge < -0.3 is 4.55 Å². The molecule has 1 aliphatic rings. The maximum atomic E-state index is 9.87. The molecular weight excluding hydrogens is 107 g/mol. The summed E-state index contributed by atoms with van der Waals surface area (Å²) in [5, 5.41) is 0.130. The van der Waals surface area contributed by atoms with E-state index in [2.05, 4.69) is 0 Å². The molecule has 7 heavy (non-hydrogen) atoms. The monoisotopic (exact) mass is 114 g/mol. The van der Waals surface area contributed by atoms with Crippen molar-refractivity contribution in [1.29, 1.82) is 0 Å². The van der Waals surface area contributed by atoms with Crippen LogP contribution in [0.3, 0.4) is 0 Å². The van der Waals surface area contributed by atoms with E-state index in [9.17, 15) is 4.21 Å². The molecule has 0 aromatic heterocycles. The van der Waals surface area contributed by atoms with E-state index in [0.717, 1.165) is 12.8 Å². The Kier molecular flexibility index (Phi) is 3.17. The molecule has 0 saturated heterocycles. The van der Waals surface area contributed by atoms with Crippen LogP contribution in [0.2, 0.25) is 0 Å². The van der Waals surface area contributed by atoms with Crippen LogP contribution in [0.25, 0.3) is 0 Å². The summed E-state index contributed by atoms with van der Waals surface area (Å²) < 4.78 is 18.0. The molecule has 4 heteroatoms. The van der Waals surface area contributed by atoms with Gasteiger partial charge in [-0.3, -0.25) is 0 Å². The molecule has 0 aromatic carbocycles. The summed E-state index contributed by atoms with van der Waals surface area (Å²) in [5.74, 6) is 0. The van der Waals surface area contributed by atoms with Crippen LogP contribution in [0.5, 0.6) is 0 Å². The molecule has 1 N–H and O–H groups in total. The van der Waals surface area contributed by atoms with Gasteiger partial charge in [-0.15, -0.1) is 0 Å². The van der Waals surface area contributed by atoms with Crippen LogP contribution in [-0.4, -0.2) is 32.9 Å². The second-order valence-corrected chi connectivity index (χ2v) is 2.69. The molecule has 1 fully saturated rings. The van der Waals surface area contributed by atoms with E-state index in [0.29, 0.717) is 0 Å². The molecular formula is C3H7LiO2S. The van der Waals surface area contributed by atoms with Crippen molar-refractivity contribution >= 4 is 29.9 Å². The van der Waals surface area contributed by atoms with Crippen LogP contribution in [-0.2, 0) is 11.1 Å². The first kappa shape index (κ1) is 7.71. The fourth-order valence-electron chi connectivity index (χ4n) is 0.270. The van der Waals surface area contributed by atoms with E-state index in [-0.39, 0.29) is 24.1 Å². The quantitative estimate of drug-likeness (QED) is 0.376. The predicted molar refractivity (Wildman–Crippen MR) is 30.9 cm³/mol. The summed E-state index contributed by atoms with van der Waals surface area (Å²) >= 11 is -1.51. The third-order valence-corrected chi connectivity index (χ3v) is 1.85. The van der Waals surface area contributed by atoms with Crippen LogP contribution < -0.4 is 0 Å². The van der Waals surface area contributed by atoms with Crippen molar-refractivity contribution < 1.29 is 8.76 Å². The molecule has 0 radical (unpaired) electrons. The molecule has 0 amide bonds. The minimum absolute atomic E-state index is 0. The van der Waals surface area contributed by atoms with Crippen LogP contribution in [0, 0.1) is 0 Å². The van der Waals surface area contributed by atoms with E-state index in [1.807, 2.05) is 0 Å². The van der Waals surface area contributed by atoms with Gasteiger partial charge in [0.15, 0.2) is 11.1 Å². The van der Waals surface area contributed by atoms with Gasteiger partial charge in [0.2, 0.25) is 0 Å². The summed E-state index contributed by atoms with van der Waals surface area (Å²) in [6.07, 6.45) is 1.90. The van der Waals surface area contributed by atoms with Gasteiger partial charge in [0.1, 0.15) is 0 Å². The Bertz CT molecular complexity index is 81.0. The second-order valence-electron chi connectivity index (χ2n) is 1.48. The summed E-state index contributed by atoms with van der Waals surface area (Å²) in [7, 11) is 0. The van der Waals surface area contributed by atoms with E-state index in [1.165, 1.54) is 0 Å². The van der Waals surface area contributed by atoms with Gasteiger partial charge in [-0.2, -0.15) is 0 Å².